The van der Waals surface area contributed by atoms with E-state index in [-0.39, 0.29) is 5.82 Å². The third kappa shape index (κ3) is 4.40. The summed E-state index contributed by atoms with van der Waals surface area (Å²) in [6.45, 7) is 10.3. The van der Waals surface area contributed by atoms with E-state index in [0.717, 1.165) is 42.9 Å². The molecule has 1 aromatic rings. The molecule has 2 rings (SSSR count). The van der Waals surface area contributed by atoms with Gasteiger partial charge in [0.1, 0.15) is 11.6 Å². The lowest BCUT2D eigenvalue weighted by molar-refractivity contribution is 0.351. The van der Waals surface area contributed by atoms with Gasteiger partial charge in [-0.2, -0.15) is 0 Å². The van der Waals surface area contributed by atoms with Crippen LogP contribution in [0, 0.1) is 17.7 Å². The molecule has 1 aliphatic heterocycles. The molecule has 0 spiro atoms. The highest BCUT2D eigenvalue weighted by Crippen LogP contribution is 2.28. The van der Waals surface area contributed by atoms with Crippen LogP contribution in [0.5, 0.6) is 0 Å². The van der Waals surface area contributed by atoms with Crippen molar-refractivity contribution in [1.82, 2.24) is 10.3 Å². The number of hydrogen-bond acceptors (Lipinski definition) is 3. The number of pyridine rings is 1. The molecular weight excluding hydrogens is 265 g/mol. The molecule has 0 aliphatic carbocycles. The molecule has 1 N–H and O–H groups in total. The van der Waals surface area contributed by atoms with Gasteiger partial charge in [-0.15, -0.1) is 0 Å². The van der Waals surface area contributed by atoms with E-state index in [1.54, 1.807) is 6.07 Å². The minimum absolute atomic E-state index is 0.249. The molecule has 4 heteroatoms. The van der Waals surface area contributed by atoms with Crippen molar-refractivity contribution in [1.29, 1.82) is 0 Å². The third-order valence-corrected chi connectivity index (χ3v) is 4.49. The van der Waals surface area contributed by atoms with E-state index in [0.29, 0.717) is 6.54 Å². The summed E-state index contributed by atoms with van der Waals surface area (Å²) < 4.78 is 13.5. The maximum absolute atomic E-state index is 13.5. The van der Waals surface area contributed by atoms with Gasteiger partial charge in [0, 0.05) is 25.2 Å². The van der Waals surface area contributed by atoms with E-state index in [9.17, 15) is 4.39 Å². The fraction of sp³-hybridized carbons (Fsp3) is 0.706. The molecule has 0 radical (unpaired) electrons. The highest BCUT2D eigenvalue weighted by atomic mass is 19.1. The van der Waals surface area contributed by atoms with Crippen molar-refractivity contribution < 1.29 is 4.39 Å². The van der Waals surface area contributed by atoms with Gasteiger partial charge in [0.2, 0.25) is 0 Å². The Balaban J connectivity index is 2.13. The number of aromatic nitrogens is 1. The molecule has 3 nitrogen and oxygen atoms in total. The molecule has 0 bridgehead atoms. The van der Waals surface area contributed by atoms with Crippen molar-refractivity contribution in [3.8, 4) is 0 Å². The maximum Gasteiger partial charge on any atom is 0.141 e. The monoisotopic (exact) mass is 293 g/mol. The minimum atomic E-state index is -0.249. The topological polar surface area (TPSA) is 28.2 Å². The molecule has 2 heterocycles. The van der Waals surface area contributed by atoms with Crippen LogP contribution >= 0.6 is 0 Å². The Morgan fingerprint density at radius 2 is 2.19 bits per heavy atom. The average Bonchev–Trinajstić information content (AvgIpc) is 2.71. The quantitative estimate of drug-likeness (QED) is 0.899. The summed E-state index contributed by atoms with van der Waals surface area (Å²) in [6, 6.07) is 1.62. The van der Waals surface area contributed by atoms with E-state index in [1.165, 1.54) is 25.5 Å². The Kier molecular flexibility index (Phi) is 5.97. The zero-order valence-corrected chi connectivity index (χ0v) is 13.5. The predicted molar refractivity (Wildman–Crippen MR) is 86.0 cm³/mol. The van der Waals surface area contributed by atoms with Gasteiger partial charge in [0.15, 0.2) is 0 Å². The molecular formula is C17H28FN3. The van der Waals surface area contributed by atoms with Crippen LogP contribution in [0.4, 0.5) is 10.2 Å². The van der Waals surface area contributed by atoms with Gasteiger partial charge in [-0.25, -0.2) is 9.37 Å². The predicted octanol–water partition coefficient (Wildman–Crippen LogP) is 3.59. The summed E-state index contributed by atoms with van der Waals surface area (Å²) in [5, 5.41) is 3.28. The van der Waals surface area contributed by atoms with E-state index < -0.39 is 0 Å². The molecule has 1 aromatic heterocycles. The van der Waals surface area contributed by atoms with Crippen LogP contribution in [0.15, 0.2) is 12.3 Å². The van der Waals surface area contributed by atoms with Crippen LogP contribution in [0.3, 0.4) is 0 Å². The Bertz CT molecular complexity index is 448. The van der Waals surface area contributed by atoms with Gasteiger partial charge in [0.05, 0.1) is 6.20 Å². The molecule has 1 fully saturated rings. The normalized spacial score (nSPS) is 19.9. The van der Waals surface area contributed by atoms with Crippen molar-refractivity contribution in [2.24, 2.45) is 11.8 Å². The summed E-state index contributed by atoms with van der Waals surface area (Å²) in [6.07, 6.45) is 5.04. The lowest BCUT2D eigenvalue weighted by Crippen LogP contribution is -2.28. The van der Waals surface area contributed by atoms with Gasteiger partial charge < -0.3 is 10.2 Å². The van der Waals surface area contributed by atoms with Gasteiger partial charge in [0.25, 0.3) is 0 Å². The van der Waals surface area contributed by atoms with E-state index in [4.69, 9.17) is 0 Å². The Morgan fingerprint density at radius 3 is 2.90 bits per heavy atom. The molecule has 1 saturated heterocycles. The van der Waals surface area contributed by atoms with Gasteiger partial charge in [-0.05, 0) is 43.7 Å². The second-order valence-electron chi connectivity index (χ2n) is 6.34. The summed E-state index contributed by atoms with van der Waals surface area (Å²) in [5.41, 5.74) is 0.972. The Hall–Kier alpha value is -1.16. The molecule has 1 atom stereocenters. The maximum atomic E-state index is 13.5. The van der Waals surface area contributed by atoms with Crippen LogP contribution in [0.2, 0.25) is 0 Å². The fourth-order valence-electron chi connectivity index (χ4n) is 3.15. The Morgan fingerprint density at radius 1 is 1.38 bits per heavy atom. The van der Waals surface area contributed by atoms with Gasteiger partial charge in [-0.3, -0.25) is 0 Å². The zero-order chi connectivity index (χ0) is 15.2. The van der Waals surface area contributed by atoms with Crippen molar-refractivity contribution in [3.05, 3.63) is 23.6 Å². The molecule has 0 saturated carbocycles. The van der Waals surface area contributed by atoms with Crippen LogP contribution < -0.4 is 10.2 Å². The number of halogens is 1. The van der Waals surface area contributed by atoms with Crippen molar-refractivity contribution in [2.45, 2.75) is 46.6 Å². The highest BCUT2D eigenvalue weighted by molar-refractivity contribution is 5.47. The molecule has 0 aromatic carbocycles. The number of anilines is 1. The number of nitrogens with zero attached hydrogens (tertiary/aromatic N) is 2. The molecule has 118 valence electrons. The second kappa shape index (κ2) is 7.74. The van der Waals surface area contributed by atoms with Crippen LogP contribution in [0.25, 0.3) is 0 Å². The molecule has 1 aliphatic rings. The first-order valence-corrected chi connectivity index (χ1v) is 8.22. The van der Waals surface area contributed by atoms with Crippen LogP contribution in [-0.4, -0.2) is 24.6 Å². The van der Waals surface area contributed by atoms with Crippen LogP contribution in [-0.2, 0) is 6.54 Å². The smallest absolute Gasteiger partial charge is 0.141 e. The third-order valence-electron chi connectivity index (χ3n) is 4.49. The van der Waals surface area contributed by atoms with Crippen molar-refractivity contribution in [2.75, 3.05) is 24.5 Å². The lowest BCUT2D eigenvalue weighted by atomic mass is 9.89. The second-order valence-corrected chi connectivity index (χ2v) is 6.34. The minimum Gasteiger partial charge on any atom is -0.356 e. The fourth-order valence-corrected chi connectivity index (χ4v) is 3.15. The van der Waals surface area contributed by atoms with E-state index in [1.807, 2.05) is 0 Å². The zero-order valence-electron chi connectivity index (χ0n) is 13.5. The molecule has 0 amide bonds. The molecule has 1 unspecified atom stereocenters. The number of rotatable bonds is 5. The molecule has 21 heavy (non-hydrogen) atoms. The number of hydrogen-bond donors (Lipinski definition) is 1. The van der Waals surface area contributed by atoms with Gasteiger partial charge >= 0.3 is 0 Å². The summed E-state index contributed by atoms with van der Waals surface area (Å²) in [5.74, 6) is 2.25. The summed E-state index contributed by atoms with van der Waals surface area (Å²) in [7, 11) is 0. The Labute approximate surface area is 127 Å². The van der Waals surface area contributed by atoms with Crippen molar-refractivity contribution in [3.63, 3.8) is 0 Å². The standard InChI is InChI=1S/C17H28FN3/c1-4-19-11-15-10-16(18)12-20-17(15)21-8-5-6-14(7-9-21)13(2)3/h10,12-14,19H,4-9,11H2,1-3H3. The SMILES string of the molecule is CCNCc1cc(F)cnc1N1CCCC(C(C)C)CC1. The summed E-state index contributed by atoms with van der Waals surface area (Å²) >= 11 is 0. The van der Waals surface area contributed by atoms with Gasteiger partial charge in [-0.1, -0.05) is 20.8 Å². The average molecular weight is 293 g/mol. The van der Waals surface area contributed by atoms with E-state index in [2.05, 4.69) is 36.0 Å². The first kappa shape index (κ1) is 16.2. The first-order valence-electron chi connectivity index (χ1n) is 8.22. The number of nitrogens with one attached hydrogen (secondary N) is 1. The largest absolute Gasteiger partial charge is 0.356 e. The van der Waals surface area contributed by atoms with E-state index >= 15 is 0 Å². The van der Waals surface area contributed by atoms with Crippen LogP contribution in [0.1, 0.15) is 45.6 Å². The first-order chi connectivity index (χ1) is 10.1. The van der Waals surface area contributed by atoms with Crippen molar-refractivity contribution >= 4 is 5.82 Å². The lowest BCUT2D eigenvalue weighted by Gasteiger charge is -2.25. The highest BCUT2D eigenvalue weighted by Gasteiger charge is 2.21. The summed E-state index contributed by atoms with van der Waals surface area (Å²) in [4.78, 5) is 6.72.